The Morgan fingerprint density at radius 3 is 2.50 bits per heavy atom. The number of carbonyl (C=O) groups is 4. The number of hydrogen-bond donors (Lipinski definition) is 2. The fraction of sp³-hybridized carbons (Fsp3) is 0.263. The second-order valence-electron chi connectivity index (χ2n) is 6.27. The first-order valence-electron chi connectivity index (χ1n) is 8.56. The Balaban J connectivity index is 1.50. The number of nitrogens with one attached hydrogen (secondary N) is 2. The highest BCUT2D eigenvalue weighted by Crippen LogP contribution is 2.20. The van der Waals surface area contributed by atoms with Crippen LogP contribution in [0.5, 0.6) is 0 Å². The summed E-state index contributed by atoms with van der Waals surface area (Å²) >= 11 is 0. The normalized spacial score (nSPS) is 16.0. The van der Waals surface area contributed by atoms with Crippen LogP contribution in [0.3, 0.4) is 0 Å². The van der Waals surface area contributed by atoms with Crippen molar-refractivity contribution in [2.75, 3.05) is 13.7 Å². The molecule has 1 fully saturated rings. The molecule has 0 bridgehead atoms. The first-order valence-corrected chi connectivity index (χ1v) is 8.56. The van der Waals surface area contributed by atoms with Crippen molar-refractivity contribution < 1.29 is 28.3 Å². The van der Waals surface area contributed by atoms with Gasteiger partial charge in [0.2, 0.25) is 11.8 Å². The molecule has 0 saturated carbocycles. The Hall–Kier alpha value is -3.62. The molecule has 0 spiro atoms. The van der Waals surface area contributed by atoms with Crippen LogP contribution >= 0.6 is 0 Å². The fourth-order valence-electron chi connectivity index (χ4n) is 2.86. The predicted octanol–water partition coefficient (Wildman–Crippen LogP) is 0.876. The van der Waals surface area contributed by atoms with Crippen LogP contribution in [0.4, 0.5) is 0 Å². The maximum atomic E-state index is 12.3. The number of likely N-dealkylation sites (tertiary alicyclic amines) is 1. The van der Waals surface area contributed by atoms with Gasteiger partial charge < -0.3 is 14.1 Å². The Labute approximate surface area is 160 Å². The minimum absolute atomic E-state index is 0.0657. The summed E-state index contributed by atoms with van der Waals surface area (Å²) in [5.74, 6) is -1.58. The number of esters is 1. The smallest absolute Gasteiger partial charge is 0.337 e. The van der Waals surface area contributed by atoms with Crippen molar-refractivity contribution in [3.8, 4) is 0 Å². The topological polar surface area (TPSA) is 118 Å². The molecule has 0 aliphatic carbocycles. The Bertz CT molecular complexity index is 876. The number of methoxy groups -OCH3 is 1. The summed E-state index contributed by atoms with van der Waals surface area (Å²) < 4.78 is 9.81. The van der Waals surface area contributed by atoms with E-state index in [1.807, 2.05) is 0 Å². The van der Waals surface area contributed by atoms with E-state index in [0.29, 0.717) is 17.9 Å². The molecule has 2 N–H and O–H groups in total. The number of amides is 3. The number of hydrogen-bond acceptors (Lipinski definition) is 6. The van der Waals surface area contributed by atoms with Gasteiger partial charge in [-0.3, -0.25) is 25.2 Å². The van der Waals surface area contributed by atoms with Gasteiger partial charge in [-0.15, -0.1) is 0 Å². The molecule has 1 aromatic carbocycles. The molecule has 146 valence electrons. The highest BCUT2D eigenvalue weighted by molar-refractivity contribution is 5.97. The second-order valence-corrected chi connectivity index (χ2v) is 6.27. The minimum atomic E-state index is -0.565. The maximum absolute atomic E-state index is 12.3. The molecule has 3 amide bonds. The first kappa shape index (κ1) is 19.2. The van der Waals surface area contributed by atoms with E-state index in [1.165, 1.54) is 42.5 Å². The monoisotopic (exact) mass is 385 g/mol. The molecule has 9 heteroatoms. The summed E-state index contributed by atoms with van der Waals surface area (Å²) in [5, 5.41) is 0. The third-order valence-corrected chi connectivity index (χ3v) is 4.38. The Morgan fingerprint density at radius 2 is 1.86 bits per heavy atom. The van der Waals surface area contributed by atoms with Gasteiger partial charge in [0.1, 0.15) is 5.76 Å². The van der Waals surface area contributed by atoms with Crippen LogP contribution in [-0.2, 0) is 20.9 Å². The lowest BCUT2D eigenvalue weighted by Gasteiger charge is -2.15. The number of benzene rings is 1. The average Bonchev–Trinajstić information content (AvgIpc) is 3.35. The van der Waals surface area contributed by atoms with Gasteiger partial charge >= 0.3 is 5.97 Å². The SMILES string of the molecule is COC(=O)c1ccc(C(=O)NNC(=O)C2CC(=O)N(Cc3ccco3)C2)cc1. The van der Waals surface area contributed by atoms with Crippen LogP contribution in [0.25, 0.3) is 0 Å². The van der Waals surface area contributed by atoms with E-state index in [0.717, 1.165) is 0 Å². The molecule has 2 aromatic rings. The zero-order valence-electron chi connectivity index (χ0n) is 15.1. The zero-order valence-corrected chi connectivity index (χ0v) is 15.1. The molecular formula is C19H19N3O6. The van der Waals surface area contributed by atoms with Crippen molar-refractivity contribution in [1.29, 1.82) is 0 Å². The van der Waals surface area contributed by atoms with Crippen molar-refractivity contribution in [2.24, 2.45) is 5.92 Å². The third kappa shape index (κ3) is 4.37. The molecule has 1 aliphatic heterocycles. The van der Waals surface area contributed by atoms with Gasteiger partial charge in [0, 0.05) is 18.5 Å². The zero-order chi connectivity index (χ0) is 20.1. The maximum Gasteiger partial charge on any atom is 0.337 e. The van der Waals surface area contributed by atoms with Gasteiger partial charge in [-0.1, -0.05) is 0 Å². The van der Waals surface area contributed by atoms with Crippen LogP contribution in [0.15, 0.2) is 47.1 Å². The minimum Gasteiger partial charge on any atom is -0.467 e. The van der Waals surface area contributed by atoms with Crippen molar-refractivity contribution in [3.63, 3.8) is 0 Å². The highest BCUT2D eigenvalue weighted by atomic mass is 16.5. The van der Waals surface area contributed by atoms with Gasteiger partial charge in [0.15, 0.2) is 0 Å². The molecular weight excluding hydrogens is 366 g/mol. The van der Waals surface area contributed by atoms with Gasteiger partial charge in [-0.25, -0.2) is 4.79 Å². The number of ether oxygens (including phenoxy) is 1. The molecule has 3 rings (SSSR count). The number of furan rings is 1. The lowest BCUT2D eigenvalue weighted by molar-refractivity contribution is -0.129. The van der Waals surface area contributed by atoms with Gasteiger partial charge in [0.25, 0.3) is 5.91 Å². The summed E-state index contributed by atoms with van der Waals surface area (Å²) in [4.78, 5) is 49.4. The summed E-state index contributed by atoms with van der Waals surface area (Å²) in [6.45, 7) is 0.545. The van der Waals surface area contributed by atoms with E-state index in [2.05, 4.69) is 15.6 Å². The van der Waals surface area contributed by atoms with E-state index in [-0.39, 0.29) is 24.4 Å². The van der Waals surface area contributed by atoms with Crippen LogP contribution < -0.4 is 10.9 Å². The van der Waals surface area contributed by atoms with Crippen molar-refractivity contribution in [1.82, 2.24) is 15.8 Å². The van der Waals surface area contributed by atoms with E-state index >= 15 is 0 Å². The van der Waals surface area contributed by atoms with Crippen molar-refractivity contribution in [2.45, 2.75) is 13.0 Å². The summed E-state index contributed by atoms with van der Waals surface area (Å²) in [6.07, 6.45) is 1.59. The molecule has 1 aromatic heterocycles. The molecule has 1 atom stereocenters. The number of nitrogens with zero attached hydrogens (tertiary/aromatic N) is 1. The third-order valence-electron chi connectivity index (χ3n) is 4.38. The quantitative estimate of drug-likeness (QED) is 0.583. The van der Waals surface area contributed by atoms with E-state index in [4.69, 9.17) is 4.42 Å². The van der Waals surface area contributed by atoms with Crippen LogP contribution in [0, 0.1) is 5.92 Å². The largest absolute Gasteiger partial charge is 0.467 e. The lowest BCUT2D eigenvalue weighted by atomic mass is 10.1. The summed E-state index contributed by atoms with van der Waals surface area (Å²) in [7, 11) is 1.27. The van der Waals surface area contributed by atoms with Crippen LogP contribution in [0.2, 0.25) is 0 Å². The van der Waals surface area contributed by atoms with Gasteiger partial charge in [-0.2, -0.15) is 0 Å². The second kappa shape index (κ2) is 8.38. The molecule has 28 heavy (non-hydrogen) atoms. The van der Waals surface area contributed by atoms with E-state index < -0.39 is 23.7 Å². The van der Waals surface area contributed by atoms with Crippen LogP contribution in [0.1, 0.15) is 32.9 Å². The number of hydrazine groups is 1. The first-order chi connectivity index (χ1) is 13.5. The van der Waals surface area contributed by atoms with Crippen molar-refractivity contribution >= 4 is 23.7 Å². The number of carbonyl (C=O) groups excluding carboxylic acids is 4. The Morgan fingerprint density at radius 1 is 1.14 bits per heavy atom. The van der Waals surface area contributed by atoms with Gasteiger partial charge in [-0.05, 0) is 36.4 Å². The Kier molecular flexibility index (Phi) is 5.73. The summed E-state index contributed by atoms with van der Waals surface area (Å²) in [6, 6.07) is 9.27. The molecule has 9 nitrogen and oxygen atoms in total. The standard InChI is InChI=1S/C19H19N3O6/c1-27-19(26)13-6-4-12(5-7-13)17(24)20-21-18(25)14-9-16(23)22(10-14)11-15-3-2-8-28-15/h2-8,14H,9-11H2,1H3,(H,20,24)(H,21,25). The van der Waals surface area contributed by atoms with Gasteiger partial charge in [0.05, 0.1) is 31.4 Å². The van der Waals surface area contributed by atoms with Crippen molar-refractivity contribution in [3.05, 3.63) is 59.5 Å². The number of rotatable bonds is 5. The fourth-order valence-corrected chi connectivity index (χ4v) is 2.86. The summed E-state index contributed by atoms with van der Waals surface area (Å²) in [5.41, 5.74) is 5.22. The molecule has 1 unspecified atom stereocenters. The van der Waals surface area contributed by atoms with E-state index in [9.17, 15) is 19.2 Å². The molecule has 1 aliphatic rings. The highest BCUT2D eigenvalue weighted by Gasteiger charge is 2.34. The molecule has 0 radical (unpaired) electrons. The molecule has 2 heterocycles. The molecule has 1 saturated heterocycles. The predicted molar refractivity (Wildman–Crippen MR) is 95.6 cm³/mol. The van der Waals surface area contributed by atoms with E-state index in [1.54, 1.807) is 12.1 Å². The van der Waals surface area contributed by atoms with Crippen LogP contribution in [-0.4, -0.2) is 42.2 Å². The lowest BCUT2D eigenvalue weighted by Crippen LogP contribution is -2.45. The average molecular weight is 385 g/mol.